The maximum Gasteiger partial charge on any atom is 0.159 e. The highest BCUT2D eigenvalue weighted by Crippen LogP contribution is 2.33. The van der Waals surface area contributed by atoms with Crippen LogP contribution >= 0.6 is 15.9 Å². The van der Waals surface area contributed by atoms with Gasteiger partial charge in [-0.15, -0.1) is 0 Å². The van der Waals surface area contributed by atoms with Crippen molar-refractivity contribution in [1.82, 2.24) is 0 Å². The van der Waals surface area contributed by atoms with Crippen molar-refractivity contribution in [2.24, 2.45) is 5.92 Å². The molecule has 2 unspecified atom stereocenters. The van der Waals surface area contributed by atoms with Gasteiger partial charge in [0.1, 0.15) is 5.75 Å². The van der Waals surface area contributed by atoms with E-state index < -0.39 is 0 Å². The van der Waals surface area contributed by atoms with Crippen LogP contribution in [-0.2, 0) is 0 Å². The number of rotatable bonds is 4. The highest BCUT2D eigenvalue weighted by Gasteiger charge is 2.22. The number of halogens is 1. The van der Waals surface area contributed by atoms with Crippen LogP contribution in [0, 0.1) is 5.92 Å². The molecular weight excluding hydrogens is 304 g/mol. The molecule has 0 N–H and O–H groups in total. The third-order valence-corrected chi connectivity index (χ3v) is 4.56. The summed E-state index contributed by atoms with van der Waals surface area (Å²) in [6.45, 7) is 3.83. The smallest absolute Gasteiger partial charge is 0.159 e. The zero-order valence-electron chi connectivity index (χ0n) is 11.6. The molecule has 3 heteroatoms. The second kappa shape index (κ2) is 6.56. The van der Waals surface area contributed by atoms with E-state index in [1.165, 1.54) is 19.3 Å². The fourth-order valence-corrected chi connectivity index (χ4v) is 3.19. The van der Waals surface area contributed by atoms with E-state index in [4.69, 9.17) is 4.74 Å². The SMILES string of the molecule is CCC1CCCC(Oc2ccc(C(C)=O)cc2Br)C1. The van der Waals surface area contributed by atoms with Gasteiger partial charge in [-0.1, -0.05) is 19.8 Å². The minimum Gasteiger partial charge on any atom is -0.489 e. The quantitative estimate of drug-likeness (QED) is 0.728. The van der Waals surface area contributed by atoms with Gasteiger partial charge in [-0.2, -0.15) is 0 Å². The second-order valence-corrected chi connectivity index (χ2v) is 6.24. The van der Waals surface area contributed by atoms with Gasteiger partial charge in [-0.3, -0.25) is 4.79 Å². The summed E-state index contributed by atoms with van der Waals surface area (Å²) >= 11 is 3.50. The van der Waals surface area contributed by atoms with E-state index in [-0.39, 0.29) is 5.78 Å². The molecule has 0 aromatic heterocycles. The summed E-state index contributed by atoms with van der Waals surface area (Å²) in [6, 6.07) is 5.58. The summed E-state index contributed by atoms with van der Waals surface area (Å²) in [5, 5.41) is 0. The molecule has 19 heavy (non-hydrogen) atoms. The molecule has 0 bridgehead atoms. The molecule has 1 fully saturated rings. The summed E-state index contributed by atoms with van der Waals surface area (Å²) in [6.07, 6.45) is 6.44. The average molecular weight is 325 g/mol. The molecule has 1 aromatic carbocycles. The molecule has 0 heterocycles. The normalized spacial score (nSPS) is 23.1. The zero-order chi connectivity index (χ0) is 13.8. The van der Waals surface area contributed by atoms with Crippen LogP contribution in [0.25, 0.3) is 0 Å². The summed E-state index contributed by atoms with van der Waals surface area (Å²) in [4.78, 5) is 11.3. The standard InChI is InChI=1S/C16H21BrO2/c1-3-12-5-4-6-14(9-12)19-16-8-7-13(11(2)18)10-15(16)17/h7-8,10,12,14H,3-6,9H2,1-2H3. The molecule has 0 radical (unpaired) electrons. The number of ether oxygens (including phenoxy) is 1. The summed E-state index contributed by atoms with van der Waals surface area (Å²) in [7, 11) is 0. The van der Waals surface area contributed by atoms with E-state index in [1.807, 2.05) is 18.2 Å². The van der Waals surface area contributed by atoms with Crippen LogP contribution in [0.5, 0.6) is 5.75 Å². The first-order chi connectivity index (χ1) is 9.10. The number of carbonyl (C=O) groups is 1. The molecule has 1 aromatic rings. The van der Waals surface area contributed by atoms with Gasteiger partial charge in [-0.25, -0.2) is 0 Å². The van der Waals surface area contributed by atoms with E-state index in [9.17, 15) is 4.79 Å². The third-order valence-electron chi connectivity index (χ3n) is 3.94. The molecule has 1 saturated carbocycles. The number of Topliss-reactive ketones (excluding diaryl/α,β-unsaturated/α-hetero) is 1. The fourth-order valence-electron chi connectivity index (χ4n) is 2.71. The first-order valence-electron chi connectivity index (χ1n) is 7.07. The average Bonchev–Trinajstić information content (AvgIpc) is 2.41. The van der Waals surface area contributed by atoms with Gasteiger partial charge in [0.2, 0.25) is 0 Å². The van der Waals surface area contributed by atoms with Crippen molar-refractivity contribution in [3.05, 3.63) is 28.2 Å². The van der Waals surface area contributed by atoms with Crippen LogP contribution in [0.3, 0.4) is 0 Å². The van der Waals surface area contributed by atoms with Crippen molar-refractivity contribution in [1.29, 1.82) is 0 Å². The van der Waals surface area contributed by atoms with Gasteiger partial charge >= 0.3 is 0 Å². The molecule has 0 saturated heterocycles. The van der Waals surface area contributed by atoms with Crippen LogP contribution in [0.4, 0.5) is 0 Å². The highest BCUT2D eigenvalue weighted by molar-refractivity contribution is 9.10. The van der Waals surface area contributed by atoms with Gasteiger partial charge in [0.05, 0.1) is 10.6 Å². The van der Waals surface area contributed by atoms with Crippen molar-refractivity contribution in [2.45, 2.75) is 52.1 Å². The van der Waals surface area contributed by atoms with E-state index in [0.717, 1.165) is 29.0 Å². The zero-order valence-corrected chi connectivity index (χ0v) is 13.2. The summed E-state index contributed by atoms with van der Waals surface area (Å²) < 4.78 is 6.97. The predicted molar refractivity (Wildman–Crippen MR) is 80.8 cm³/mol. The topological polar surface area (TPSA) is 26.3 Å². The van der Waals surface area contributed by atoms with E-state index in [1.54, 1.807) is 6.92 Å². The fraction of sp³-hybridized carbons (Fsp3) is 0.562. The molecule has 0 amide bonds. The van der Waals surface area contributed by atoms with Crippen LogP contribution in [0.15, 0.2) is 22.7 Å². The predicted octanol–water partition coefficient (Wildman–Crippen LogP) is 5.00. The Bertz CT molecular complexity index is 456. The lowest BCUT2D eigenvalue weighted by Crippen LogP contribution is -2.25. The maximum atomic E-state index is 11.3. The highest BCUT2D eigenvalue weighted by atomic mass is 79.9. The van der Waals surface area contributed by atoms with Crippen molar-refractivity contribution in [3.63, 3.8) is 0 Å². The van der Waals surface area contributed by atoms with Crippen molar-refractivity contribution in [3.8, 4) is 5.75 Å². The Labute approximate surface area is 123 Å². The lowest BCUT2D eigenvalue weighted by molar-refractivity contribution is 0.101. The minimum atomic E-state index is 0.0796. The molecule has 2 nitrogen and oxygen atoms in total. The van der Waals surface area contributed by atoms with E-state index in [0.29, 0.717) is 11.7 Å². The molecule has 104 valence electrons. The lowest BCUT2D eigenvalue weighted by atomic mass is 9.85. The Morgan fingerprint density at radius 1 is 1.42 bits per heavy atom. The van der Waals surface area contributed by atoms with Gasteiger partial charge in [0.25, 0.3) is 0 Å². The Balaban J connectivity index is 2.04. The monoisotopic (exact) mass is 324 g/mol. The van der Waals surface area contributed by atoms with Crippen LogP contribution < -0.4 is 4.74 Å². The molecule has 2 rings (SSSR count). The number of ketones is 1. The van der Waals surface area contributed by atoms with Crippen LogP contribution in [0.2, 0.25) is 0 Å². The number of benzene rings is 1. The van der Waals surface area contributed by atoms with E-state index in [2.05, 4.69) is 22.9 Å². The number of hydrogen-bond donors (Lipinski definition) is 0. The first-order valence-corrected chi connectivity index (χ1v) is 7.86. The Morgan fingerprint density at radius 2 is 2.21 bits per heavy atom. The number of hydrogen-bond acceptors (Lipinski definition) is 2. The second-order valence-electron chi connectivity index (χ2n) is 5.38. The van der Waals surface area contributed by atoms with Crippen molar-refractivity contribution in [2.75, 3.05) is 0 Å². The first kappa shape index (κ1) is 14.6. The molecule has 0 aliphatic heterocycles. The van der Waals surface area contributed by atoms with Gasteiger partial charge in [-0.05, 0) is 66.2 Å². The molecular formula is C16H21BrO2. The maximum absolute atomic E-state index is 11.3. The van der Waals surface area contributed by atoms with Gasteiger partial charge in [0.15, 0.2) is 5.78 Å². The Hall–Kier alpha value is -0.830. The molecule has 0 spiro atoms. The lowest BCUT2D eigenvalue weighted by Gasteiger charge is -2.29. The minimum absolute atomic E-state index is 0.0796. The van der Waals surface area contributed by atoms with Crippen LogP contribution in [0.1, 0.15) is 56.3 Å². The van der Waals surface area contributed by atoms with Crippen molar-refractivity contribution >= 4 is 21.7 Å². The van der Waals surface area contributed by atoms with Crippen LogP contribution in [-0.4, -0.2) is 11.9 Å². The van der Waals surface area contributed by atoms with E-state index >= 15 is 0 Å². The molecule has 1 aliphatic rings. The molecule has 2 atom stereocenters. The summed E-state index contributed by atoms with van der Waals surface area (Å²) in [5.74, 6) is 1.73. The third kappa shape index (κ3) is 3.82. The van der Waals surface area contributed by atoms with Gasteiger partial charge in [0, 0.05) is 5.56 Å². The Kier molecular flexibility index (Phi) is 5.03. The number of carbonyl (C=O) groups excluding carboxylic acids is 1. The molecule has 1 aliphatic carbocycles. The largest absolute Gasteiger partial charge is 0.489 e. The Morgan fingerprint density at radius 3 is 2.84 bits per heavy atom. The summed E-state index contributed by atoms with van der Waals surface area (Å²) in [5.41, 5.74) is 0.717. The van der Waals surface area contributed by atoms with Gasteiger partial charge < -0.3 is 4.74 Å². The van der Waals surface area contributed by atoms with Crippen molar-refractivity contribution < 1.29 is 9.53 Å².